The first-order valence-corrected chi connectivity index (χ1v) is 7.22. The largest absolute Gasteiger partial charge is 0.385 e. The number of alkyl halides is 1. The number of hydrogen-bond acceptors (Lipinski definition) is 3. The molecule has 0 aromatic carbocycles. The molecule has 96 valence electrons. The predicted octanol–water partition coefficient (Wildman–Crippen LogP) is 0.00410. The van der Waals surface area contributed by atoms with Gasteiger partial charge in [0.15, 0.2) is 18.9 Å². The summed E-state index contributed by atoms with van der Waals surface area (Å²) in [6.45, 7) is 0.391. The second-order valence-corrected chi connectivity index (χ2v) is 5.63. The Kier molecular flexibility index (Phi) is 5.32. The third-order valence-electron chi connectivity index (χ3n) is 2.21. The van der Waals surface area contributed by atoms with Crippen LogP contribution in [0.2, 0.25) is 0 Å². The number of aryl methyl sites for hydroxylation is 1. The summed E-state index contributed by atoms with van der Waals surface area (Å²) >= 11 is 5.48. The highest BCUT2D eigenvalue weighted by molar-refractivity contribution is 7.85. The normalized spacial score (nSPS) is 13.6. The van der Waals surface area contributed by atoms with Crippen LogP contribution in [0.25, 0.3) is 0 Å². The molecule has 7 heteroatoms. The topological polar surface area (TPSA) is 78.5 Å². The average Bonchev–Trinajstić information content (AvgIpc) is 2.27. The van der Waals surface area contributed by atoms with E-state index in [1.807, 2.05) is 0 Å². The van der Waals surface area contributed by atoms with Gasteiger partial charge in [-0.05, 0) is 12.0 Å². The zero-order chi connectivity index (χ0) is 12.9. The fourth-order valence-corrected chi connectivity index (χ4v) is 1.91. The van der Waals surface area contributed by atoms with E-state index in [0.717, 1.165) is 5.56 Å². The van der Waals surface area contributed by atoms with Gasteiger partial charge in [-0.2, -0.15) is 8.42 Å². The quantitative estimate of drug-likeness (QED) is 0.437. The number of aromatic nitrogens is 1. The molecule has 0 saturated heterocycles. The standard InChI is InChI=1S/C10H14ClNO4S/c11-7-10(13)8-12-4-1-9(2-5-12)3-6-17(14,15)16/h1-2,4-5,10,13H,3,6-8H2/p+1. The Bertz CT molecular complexity index is 446. The summed E-state index contributed by atoms with van der Waals surface area (Å²) in [7, 11) is -3.92. The van der Waals surface area contributed by atoms with Crippen molar-refractivity contribution in [3.8, 4) is 0 Å². The minimum atomic E-state index is -3.92. The maximum absolute atomic E-state index is 10.6. The van der Waals surface area contributed by atoms with Gasteiger partial charge in [-0.1, -0.05) is 0 Å². The molecular formula is C10H15ClNO4S+. The molecule has 0 aliphatic rings. The van der Waals surface area contributed by atoms with Gasteiger partial charge >= 0.3 is 0 Å². The van der Waals surface area contributed by atoms with Gasteiger partial charge in [-0.25, -0.2) is 4.57 Å². The van der Waals surface area contributed by atoms with Crippen molar-refractivity contribution in [2.45, 2.75) is 19.1 Å². The molecule has 5 nitrogen and oxygen atoms in total. The number of nitrogens with zero attached hydrogens (tertiary/aromatic N) is 1. The molecule has 1 heterocycles. The third kappa shape index (κ3) is 5.97. The Morgan fingerprint density at radius 2 is 1.94 bits per heavy atom. The molecule has 1 aromatic heterocycles. The molecule has 0 spiro atoms. The number of aliphatic hydroxyl groups excluding tert-OH is 1. The van der Waals surface area contributed by atoms with Gasteiger partial charge in [0.2, 0.25) is 0 Å². The van der Waals surface area contributed by atoms with Crippen molar-refractivity contribution in [1.82, 2.24) is 0 Å². The van der Waals surface area contributed by atoms with Crippen LogP contribution in [0.4, 0.5) is 0 Å². The van der Waals surface area contributed by atoms with E-state index in [1.54, 1.807) is 29.1 Å². The lowest BCUT2D eigenvalue weighted by Crippen LogP contribution is -2.39. The first-order chi connectivity index (χ1) is 7.90. The number of halogens is 1. The highest BCUT2D eigenvalue weighted by Crippen LogP contribution is 1.99. The van der Waals surface area contributed by atoms with Crippen LogP contribution in [-0.2, 0) is 23.1 Å². The van der Waals surface area contributed by atoms with Gasteiger partial charge in [-0.3, -0.25) is 4.55 Å². The van der Waals surface area contributed by atoms with Crippen LogP contribution in [0.5, 0.6) is 0 Å². The van der Waals surface area contributed by atoms with E-state index in [4.69, 9.17) is 16.2 Å². The molecule has 1 atom stereocenters. The van der Waals surface area contributed by atoms with E-state index < -0.39 is 16.2 Å². The maximum Gasteiger partial charge on any atom is 0.265 e. The second-order valence-electron chi connectivity index (χ2n) is 3.75. The van der Waals surface area contributed by atoms with Crippen molar-refractivity contribution in [3.63, 3.8) is 0 Å². The van der Waals surface area contributed by atoms with Crippen molar-refractivity contribution >= 4 is 21.7 Å². The molecule has 0 aliphatic heterocycles. The summed E-state index contributed by atoms with van der Waals surface area (Å²) in [5.41, 5.74) is 0.805. The van der Waals surface area contributed by atoms with E-state index in [1.165, 1.54) is 0 Å². The van der Waals surface area contributed by atoms with Crippen molar-refractivity contribution < 1.29 is 22.6 Å². The highest BCUT2D eigenvalue weighted by atomic mass is 35.5. The van der Waals surface area contributed by atoms with Gasteiger partial charge in [0.05, 0.1) is 11.6 Å². The lowest BCUT2D eigenvalue weighted by Gasteiger charge is -2.03. The van der Waals surface area contributed by atoms with Crippen LogP contribution in [0, 0.1) is 0 Å². The molecule has 0 amide bonds. The summed E-state index contributed by atoms with van der Waals surface area (Å²) in [5.74, 6) is -0.126. The Balaban J connectivity index is 2.56. The first-order valence-electron chi connectivity index (χ1n) is 5.08. The summed E-state index contributed by atoms with van der Waals surface area (Å²) in [6, 6.07) is 3.48. The summed E-state index contributed by atoms with van der Waals surface area (Å²) in [6.07, 6.45) is 3.12. The van der Waals surface area contributed by atoms with Crippen LogP contribution in [0.1, 0.15) is 5.56 Å². The SMILES string of the molecule is O=S(=O)(O)CCc1cc[n+](CC(O)CCl)cc1. The first kappa shape index (κ1) is 14.4. The zero-order valence-corrected chi connectivity index (χ0v) is 10.7. The molecule has 0 radical (unpaired) electrons. The number of rotatable bonds is 6. The highest BCUT2D eigenvalue weighted by Gasteiger charge is 2.10. The van der Waals surface area contributed by atoms with Crippen LogP contribution in [0.15, 0.2) is 24.5 Å². The van der Waals surface area contributed by atoms with Crippen LogP contribution in [-0.4, -0.2) is 35.8 Å². The van der Waals surface area contributed by atoms with Crippen LogP contribution < -0.4 is 4.57 Å². The van der Waals surface area contributed by atoms with E-state index in [9.17, 15) is 13.5 Å². The zero-order valence-electron chi connectivity index (χ0n) is 9.16. The average molecular weight is 281 g/mol. The molecule has 0 bridgehead atoms. The van der Waals surface area contributed by atoms with Gasteiger partial charge < -0.3 is 5.11 Å². The fraction of sp³-hybridized carbons (Fsp3) is 0.500. The summed E-state index contributed by atoms with van der Waals surface area (Å²) < 4.78 is 31.5. The predicted molar refractivity (Wildman–Crippen MR) is 63.5 cm³/mol. The minimum Gasteiger partial charge on any atom is -0.385 e. The van der Waals surface area contributed by atoms with Gasteiger partial charge in [0.1, 0.15) is 6.10 Å². The Morgan fingerprint density at radius 3 is 2.41 bits per heavy atom. The van der Waals surface area contributed by atoms with E-state index in [2.05, 4.69) is 0 Å². The lowest BCUT2D eigenvalue weighted by atomic mass is 10.2. The van der Waals surface area contributed by atoms with E-state index in [0.29, 0.717) is 6.54 Å². The summed E-state index contributed by atoms with van der Waals surface area (Å²) in [4.78, 5) is 0. The Morgan fingerprint density at radius 1 is 1.35 bits per heavy atom. The Hall–Kier alpha value is -0.690. The lowest BCUT2D eigenvalue weighted by molar-refractivity contribution is -0.703. The number of aliphatic hydroxyl groups is 1. The maximum atomic E-state index is 10.6. The van der Waals surface area contributed by atoms with Gasteiger partial charge in [-0.15, -0.1) is 11.6 Å². The summed E-state index contributed by atoms with van der Waals surface area (Å²) in [5, 5.41) is 9.33. The van der Waals surface area contributed by atoms with Crippen molar-refractivity contribution in [2.75, 3.05) is 11.6 Å². The van der Waals surface area contributed by atoms with Gasteiger partial charge in [0.25, 0.3) is 10.1 Å². The van der Waals surface area contributed by atoms with E-state index in [-0.39, 0.29) is 18.1 Å². The minimum absolute atomic E-state index is 0.164. The molecule has 0 fully saturated rings. The third-order valence-corrected chi connectivity index (χ3v) is 3.28. The molecule has 1 rings (SSSR count). The van der Waals surface area contributed by atoms with Crippen molar-refractivity contribution in [1.29, 1.82) is 0 Å². The second kappa shape index (κ2) is 6.30. The number of hydrogen-bond donors (Lipinski definition) is 2. The van der Waals surface area contributed by atoms with E-state index >= 15 is 0 Å². The molecule has 2 N–H and O–H groups in total. The molecular weight excluding hydrogens is 266 g/mol. The van der Waals surface area contributed by atoms with Crippen molar-refractivity contribution in [3.05, 3.63) is 30.1 Å². The fourth-order valence-electron chi connectivity index (χ4n) is 1.32. The smallest absolute Gasteiger partial charge is 0.265 e. The monoisotopic (exact) mass is 280 g/mol. The molecule has 1 aromatic rings. The van der Waals surface area contributed by atoms with Crippen molar-refractivity contribution in [2.24, 2.45) is 0 Å². The Labute approximate surface area is 105 Å². The molecule has 0 saturated carbocycles. The molecule has 1 unspecified atom stereocenters. The molecule has 17 heavy (non-hydrogen) atoms. The van der Waals surface area contributed by atoms with Crippen LogP contribution in [0.3, 0.4) is 0 Å². The number of pyridine rings is 1. The molecule has 0 aliphatic carbocycles. The van der Waals surface area contributed by atoms with Gasteiger partial charge in [0, 0.05) is 12.1 Å². The van der Waals surface area contributed by atoms with Crippen LogP contribution >= 0.6 is 11.6 Å².